The topological polar surface area (TPSA) is 114 Å². The summed E-state index contributed by atoms with van der Waals surface area (Å²) in [6.07, 6.45) is 2.89. The van der Waals surface area contributed by atoms with Crippen molar-refractivity contribution in [3.8, 4) is 10.6 Å². The lowest BCUT2D eigenvalue weighted by Crippen LogP contribution is -2.45. The van der Waals surface area contributed by atoms with Crippen molar-refractivity contribution in [2.45, 2.75) is 45.1 Å². The number of thiazole rings is 1. The Kier molecular flexibility index (Phi) is 5.59. The van der Waals surface area contributed by atoms with E-state index < -0.39 is 30.1 Å². The fraction of sp³-hybridized carbons (Fsp3) is 0.500. The summed E-state index contributed by atoms with van der Waals surface area (Å²) in [7, 11) is 0. The highest BCUT2D eigenvalue weighted by Gasteiger charge is 2.33. The maximum atomic E-state index is 13.3. The second-order valence-electron chi connectivity index (χ2n) is 7.40. The summed E-state index contributed by atoms with van der Waals surface area (Å²) in [6.45, 7) is 5.19. The highest BCUT2D eigenvalue weighted by atomic mass is 32.1. The Balaban J connectivity index is 1.81. The van der Waals surface area contributed by atoms with Crippen LogP contribution in [0.2, 0.25) is 0 Å². The van der Waals surface area contributed by atoms with Crippen LogP contribution in [0.25, 0.3) is 10.6 Å². The molecular formula is C18H23FN6O2S. The van der Waals surface area contributed by atoms with Gasteiger partial charge in [-0.1, -0.05) is 25.2 Å². The molecule has 150 valence electrons. The van der Waals surface area contributed by atoms with Crippen molar-refractivity contribution >= 4 is 28.4 Å². The second-order valence-corrected chi connectivity index (χ2v) is 8.40. The Morgan fingerprint density at radius 2 is 2.18 bits per heavy atom. The predicted octanol–water partition coefficient (Wildman–Crippen LogP) is 2.64. The van der Waals surface area contributed by atoms with Gasteiger partial charge in [-0.05, 0) is 25.8 Å². The van der Waals surface area contributed by atoms with Crippen molar-refractivity contribution in [2.75, 3.05) is 18.5 Å². The van der Waals surface area contributed by atoms with E-state index in [-0.39, 0.29) is 0 Å². The number of aromatic nitrogens is 3. The summed E-state index contributed by atoms with van der Waals surface area (Å²) in [5.41, 5.74) is 5.90. The Morgan fingerprint density at radius 1 is 1.43 bits per heavy atom. The molecule has 2 aromatic heterocycles. The van der Waals surface area contributed by atoms with Crippen LogP contribution in [0, 0.1) is 6.92 Å². The van der Waals surface area contributed by atoms with E-state index in [0.717, 1.165) is 11.3 Å². The lowest BCUT2D eigenvalue weighted by atomic mass is 9.94. The molecule has 0 radical (unpaired) electrons. The number of alkyl halides is 1. The standard InChI is InChI=1S/C18H23FN6O2S/c1-10-13(11-6-7-21-15(23-11)18(2,3)9-19)28-16(22-10)24-17(27)25-8-4-5-12(25)14(20)26/h6-7,12H,4-5,8-9H2,1-3H3,(H2,20,26)(H,22,24,27). The molecule has 1 aliphatic rings. The van der Waals surface area contributed by atoms with Gasteiger partial charge in [-0.15, -0.1) is 0 Å². The van der Waals surface area contributed by atoms with E-state index in [0.29, 0.717) is 35.3 Å². The third-order valence-corrected chi connectivity index (χ3v) is 5.78. The SMILES string of the molecule is Cc1nc(NC(=O)N2CCCC2C(N)=O)sc1-c1ccnc(C(C)(C)CF)n1. The highest BCUT2D eigenvalue weighted by molar-refractivity contribution is 7.19. The molecule has 1 unspecified atom stereocenters. The van der Waals surface area contributed by atoms with Crippen LogP contribution >= 0.6 is 11.3 Å². The van der Waals surface area contributed by atoms with Crippen LogP contribution in [-0.2, 0) is 10.2 Å². The zero-order chi connectivity index (χ0) is 20.5. The van der Waals surface area contributed by atoms with Crippen molar-refractivity contribution in [3.63, 3.8) is 0 Å². The Hall–Kier alpha value is -2.62. The number of nitrogens with two attached hydrogens (primary N) is 1. The van der Waals surface area contributed by atoms with Gasteiger partial charge in [-0.2, -0.15) is 0 Å². The number of likely N-dealkylation sites (tertiary alicyclic amines) is 1. The molecule has 3 amide bonds. The zero-order valence-corrected chi connectivity index (χ0v) is 16.8. The number of amides is 3. The van der Waals surface area contributed by atoms with Gasteiger partial charge in [0.1, 0.15) is 18.5 Å². The summed E-state index contributed by atoms with van der Waals surface area (Å²) >= 11 is 1.27. The normalized spacial score (nSPS) is 17.0. The molecule has 0 bridgehead atoms. The third kappa shape index (κ3) is 3.96. The summed E-state index contributed by atoms with van der Waals surface area (Å²) in [6, 6.07) is 0.740. The molecule has 8 nitrogen and oxygen atoms in total. The zero-order valence-electron chi connectivity index (χ0n) is 16.0. The van der Waals surface area contributed by atoms with Gasteiger partial charge in [0.05, 0.1) is 21.7 Å². The van der Waals surface area contributed by atoms with Crippen LogP contribution in [0.4, 0.5) is 14.3 Å². The molecule has 1 atom stereocenters. The first kappa shape index (κ1) is 20.1. The number of carbonyl (C=O) groups excluding carboxylic acids is 2. The van der Waals surface area contributed by atoms with Crippen molar-refractivity contribution < 1.29 is 14.0 Å². The van der Waals surface area contributed by atoms with Gasteiger partial charge in [0, 0.05) is 12.7 Å². The van der Waals surface area contributed by atoms with Gasteiger partial charge in [-0.3, -0.25) is 14.5 Å². The molecule has 0 aromatic carbocycles. The van der Waals surface area contributed by atoms with E-state index in [1.807, 2.05) is 6.92 Å². The molecule has 0 saturated carbocycles. The summed E-state index contributed by atoms with van der Waals surface area (Å²) in [5.74, 6) is -0.0973. The minimum atomic E-state index is -0.787. The lowest BCUT2D eigenvalue weighted by Gasteiger charge is -2.21. The molecule has 10 heteroatoms. The molecule has 3 heterocycles. The Morgan fingerprint density at radius 3 is 2.86 bits per heavy atom. The van der Waals surface area contributed by atoms with Crippen molar-refractivity contribution in [1.82, 2.24) is 19.9 Å². The molecule has 2 aromatic rings. The molecule has 3 N–H and O–H groups in total. The number of carbonyl (C=O) groups is 2. The Bertz CT molecular complexity index is 900. The van der Waals surface area contributed by atoms with Gasteiger partial charge >= 0.3 is 6.03 Å². The van der Waals surface area contributed by atoms with Gasteiger partial charge in [0.2, 0.25) is 5.91 Å². The molecule has 1 fully saturated rings. The number of primary amides is 1. The van der Waals surface area contributed by atoms with E-state index in [2.05, 4.69) is 20.3 Å². The number of hydrogen-bond donors (Lipinski definition) is 2. The van der Waals surface area contributed by atoms with Gasteiger partial charge in [-0.25, -0.2) is 19.7 Å². The first-order valence-electron chi connectivity index (χ1n) is 8.97. The van der Waals surface area contributed by atoms with Crippen LogP contribution in [0.5, 0.6) is 0 Å². The minimum absolute atomic E-state index is 0.400. The maximum absolute atomic E-state index is 13.3. The number of nitrogens with zero attached hydrogens (tertiary/aromatic N) is 4. The third-order valence-electron chi connectivity index (χ3n) is 4.68. The highest BCUT2D eigenvalue weighted by Crippen LogP contribution is 2.33. The van der Waals surface area contributed by atoms with E-state index in [1.54, 1.807) is 26.1 Å². The van der Waals surface area contributed by atoms with Crippen LogP contribution in [0.15, 0.2) is 12.3 Å². The summed E-state index contributed by atoms with van der Waals surface area (Å²) in [4.78, 5) is 39.3. The molecule has 0 aliphatic carbocycles. The monoisotopic (exact) mass is 406 g/mol. The number of rotatable bonds is 5. The quantitative estimate of drug-likeness (QED) is 0.792. The largest absolute Gasteiger partial charge is 0.368 e. The molecule has 28 heavy (non-hydrogen) atoms. The fourth-order valence-corrected chi connectivity index (χ4v) is 3.95. The molecule has 1 saturated heterocycles. The van der Waals surface area contributed by atoms with E-state index in [4.69, 9.17) is 5.73 Å². The molecule has 0 spiro atoms. The number of urea groups is 1. The van der Waals surface area contributed by atoms with Gasteiger partial charge < -0.3 is 10.6 Å². The van der Waals surface area contributed by atoms with E-state index in [9.17, 15) is 14.0 Å². The van der Waals surface area contributed by atoms with Crippen molar-refractivity contribution in [3.05, 3.63) is 23.8 Å². The van der Waals surface area contributed by atoms with Crippen LogP contribution in [0.1, 0.15) is 38.2 Å². The van der Waals surface area contributed by atoms with Crippen LogP contribution in [-0.4, -0.2) is 51.1 Å². The van der Waals surface area contributed by atoms with Crippen molar-refractivity contribution in [2.24, 2.45) is 5.73 Å². The minimum Gasteiger partial charge on any atom is -0.368 e. The Labute approximate surface area is 166 Å². The number of hydrogen-bond acceptors (Lipinski definition) is 6. The van der Waals surface area contributed by atoms with Gasteiger partial charge in [0.25, 0.3) is 0 Å². The van der Waals surface area contributed by atoms with Crippen molar-refractivity contribution in [1.29, 1.82) is 0 Å². The number of aryl methyl sites for hydroxylation is 1. The van der Waals surface area contributed by atoms with Crippen LogP contribution in [0.3, 0.4) is 0 Å². The number of nitrogens with one attached hydrogen (secondary N) is 1. The first-order valence-corrected chi connectivity index (χ1v) is 9.79. The number of halogens is 1. The van der Waals surface area contributed by atoms with E-state index >= 15 is 0 Å². The molecular weight excluding hydrogens is 383 g/mol. The fourth-order valence-electron chi connectivity index (χ4n) is 3.03. The molecule has 1 aliphatic heterocycles. The summed E-state index contributed by atoms with van der Waals surface area (Å²) < 4.78 is 13.3. The lowest BCUT2D eigenvalue weighted by molar-refractivity contribution is -0.121. The smallest absolute Gasteiger partial charge is 0.324 e. The number of anilines is 1. The average molecular weight is 406 g/mol. The van der Waals surface area contributed by atoms with E-state index in [1.165, 1.54) is 16.2 Å². The second kappa shape index (κ2) is 7.78. The van der Waals surface area contributed by atoms with Crippen LogP contribution < -0.4 is 11.1 Å². The van der Waals surface area contributed by atoms with Gasteiger partial charge in [0.15, 0.2) is 5.13 Å². The average Bonchev–Trinajstić information content (AvgIpc) is 3.28. The predicted molar refractivity (Wildman–Crippen MR) is 105 cm³/mol. The summed E-state index contributed by atoms with van der Waals surface area (Å²) in [5, 5.41) is 3.14. The maximum Gasteiger partial charge on any atom is 0.324 e. The molecule has 3 rings (SSSR count). The first-order chi connectivity index (χ1) is 13.2.